The fraction of sp³-hybridized carbons (Fsp3) is 0.746. The summed E-state index contributed by atoms with van der Waals surface area (Å²) >= 11 is 0. The molecule has 450 valence electrons. The number of urea groups is 1. The molecule has 9 rings (SSSR count). The molecule has 0 radical (unpaired) electrons. The lowest BCUT2D eigenvalue weighted by Gasteiger charge is -2.47. The minimum absolute atomic E-state index is 0.000137. The number of fused-ring (bicyclic) bond motifs is 9. The summed E-state index contributed by atoms with van der Waals surface area (Å²) in [6, 6.07) is 4.15. The second kappa shape index (κ2) is 27.0. The van der Waals surface area contributed by atoms with Crippen LogP contribution in [-0.4, -0.2) is 170 Å². The SMILES string of the molecule is C=C1C2C[C@@H]3O[C@H](CC(O)CNC(=O)OCc4ccc(NC(=O)C(CCCNC(N)=O)NC(=O)[C@@H](N)C(C)C)cc4)[C@H](OC)C3CC(=O)CC3CC[C@@H]4O[C@@H]5CC(O[C@@]6(CCC7CC(=C)[C@H](CC[C@@H](C[C@H]1C)O2)O7)C[C@@H](O)C5O6)[C@H]4O3. The third-order valence-electron chi connectivity index (χ3n) is 18.0. The molecule has 0 aliphatic carbocycles. The van der Waals surface area contributed by atoms with Crippen molar-refractivity contribution in [3.63, 3.8) is 0 Å². The summed E-state index contributed by atoms with van der Waals surface area (Å²) in [7, 11) is 1.59. The van der Waals surface area contributed by atoms with Crippen LogP contribution in [0.25, 0.3) is 0 Å². The molecule has 1 aromatic carbocycles. The molecule has 10 bridgehead atoms. The maximum absolute atomic E-state index is 14.4. The van der Waals surface area contributed by atoms with Crippen LogP contribution in [0.1, 0.15) is 129 Å². The van der Waals surface area contributed by atoms with Crippen molar-refractivity contribution in [1.82, 2.24) is 16.0 Å². The van der Waals surface area contributed by atoms with Crippen molar-refractivity contribution in [2.45, 2.75) is 240 Å². The Hall–Kier alpha value is -4.59. The van der Waals surface area contributed by atoms with E-state index in [-0.39, 0.29) is 112 Å². The van der Waals surface area contributed by atoms with E-state index in [0.29, 0.717) is 62.6 Å². The van der Waals surface area contributed by atoms with Crippen LogP contribution in [0.3, 0.4) is 0 Å². The number of ketones is 1. The highest BCUT2D eigenvalue weighted by Gasteiger charge is 2.60. The first-order valence-electron chi connectivity index (χ1n) is 29.5. The van der Waals surface area contributed by atoms with Gasteiger partial charge in [-0.3, -0.25) is 14.4 Å². The van der Waals surface area contributed by atoms with E-state index < -0.39 is 90.5 Å². The predicted octanol–water partition coefficient (Wildman–Crippen LogP) is 4.24. The number of carbonyl (C=O) groups is 5. The van der Waals surface area contributed by atoms with Crippen molar-refractivity contribution >= 4 is 35.4 Å². The zero-order valence-corrected chi connectivity index (χ0v) is 47.5. The van der Waals surface area contributed by atoms with Gasteiger partial charge in [-0.05, 0) is 98.5 Å². The van der Waals surface area contributed by atoms with Crippen molar-refractivity contribution in [3.05, 3.63) is 54.1 Å². The van der Waals surface area contributed by atoms with Gasteiger partial charge < -0.3 is 85.6 Å². The number of hydrogen-bond acceptors (Lipinski definition) is 17. The smallest absolute Gasteiger partial charge is 0.407 e. The molecule has 8 heterocycles. The van der Waals surface area contributed by atoms with Crippen LogP contribution in [0, 0.1) is 17.8 Å². The van der Waals surface area contributed by atoms with E-state index in [1.807, 2.05) is 0 Å². The summed E-state index contributed by atoms with van der Waals surface area (Å²) in [5, 5.41) is 33.3. The number of nitrogens with one attached hydrogen (secondary N) is 4. The van der Waals surface area contributed by atoms with Crippen molar-refractivity contribution < 1.29 is 76.8 Å². The third-order valence-corrected chi connectivity index (χ3v) is 18.0. The molecular weight excluding hydrogens is 1050 g/mol. The van der Waals surface area contributed by atoms with Gasteiger partial charge in [0, 0.05) is 76.8 Å². The molecule has 20 atom stereocenters. The van der Waals surface area contributed by atoms with Crippen LogP contribution in [0.5, 0.6) is 0 Å². The number of primary amides is 1. The van der Waals surface area contributed by atoms with Crippen LogP contribution in [0.4, 0.5) is 15.3 Å². The van der Waals surface area contributed by atoms with Gasteiger partial charge in [0.2, 0.25) is 11.8 Å². The normalized spacial score (nSPS) is 37.0. The number of hydrogen-bond donors (Lipinski definition) is 8. The average molecular weight is 1140 g/mol. The Balaban J connectivity index is 0.817. The standard InChI is InChI=1S/C59H88N6O16/c1-30(2)51(60)56(70)65-42(8-7-19-62-57(61)71)55(69)64-35-11-9-34(10-12-35)29-74-58(72)63-28-37(67)24-48-52(73-6)41-23-36(66)22-39-14-16-45-54(77-39)50-26-49(78-45)53-43(68)27-59(80-50,81-53)18-17-40-21-32(4)44(75-40)15-13-38-20-31(3)33(5)46(76-38)25-47(41)79-48/h9-12,30-31,37-54,67-68H,4-5,7-8,13-29,60H2,1-3,6H3,(H,63,72)(H,64,69)(H,65,70)(H3,61,62,71)/t31-,37?,38+,39?,40?,41?,42?,43-,44+,45+,46?,47+,48-,49-,50?,51+,52-,53?,54+,59-/m1/s1. The number of amides is 5. The minimum atomic E-state index is -1.07. The molecule has 8 saturated heterocycles. The number of ether oxygens (including phenoxy) is 9. The molecule has 8 aliphatic heterocycles. The fourth-order valence-corrected chi connectivity index (χ4v) is 13.5. The highest BCUT2D eigenvalue weighted by atomic mass is 16.7. The second-order valence-corrected chi connectivity index (χ2v) is 24.4. The average Bonchev–Trinajstić information content (AvgIpc) is 4.21. The van der Waals surface area contributed by atoms with Gasteiger partial charge in [-0.1, -0.05) is 46.1 Å². The number of alkyl carbamates (subject to hydrolysis) is 1. The van der Waals surface area contributed by atoms with Crippen LogP contribution in [0.15, 0.2) is 48.6 Å². The first-order valence-corrected chi connectivity index (χ1v) is 29.5. The number of anilines is 1. The number of aliphatic hydroxyl groups excluding tert-OH is 2. The van der Waals surface area contributed by atoms with Gasteiger partial charge >= 0.3 is 12.1 Å². The summed E-state index contributed by atoms with van der Waals surface area (Å²) < 4.78 is 59.0. The van der Waals surface area contributed by atoms with E-state index in [1.54, 1.807) is 45.2 Å². The summed E-state index contributed by atoms with van der Waals surface area (Å²) in [5.74, 6) is -2.36. The number of benzene rings is 1. The van der Waals surface area contributed by atoms with E-state index >= 15 is 0 Å². The molecule has 1 aromatic rings. The van der Waals surface area contributed by atoms with E-state index in [0.717, 1.165) is 36.8 Å². The number of nitrogens with two attached hydrogens (primary N) is 2. The Morgan fingerprint density at radius 3 is 2.33 bits per heavy atom. The zero-order valence-electron chi connectivity index (χ0n) is 47.5. The second-order valence-electron chi connectivity index (χ2n) is 24.4. The highest BCUT2D eigenvalue weighted by Crippen LogP contribution is 2.49. The summed E-state index contributed by atoms with van der Waals surface area (Å²) in [6.45, 7) is 14.6. The zero-order chi connectivity index (χ0) is 57.7. The molecule has 22 nitrogen and oxygen atoms in total. The number of rotatable bonds is 16. The predicted molar refractivity (Wildman–Crippen MR) is 294 cm³/mol. The van der Waals surface area contributed by atoms with E-state index in [1.165, 1.54) is 0 Å². The molecule has 10 N–H and O–H groups in total. The summed E-state index contributed by atoms with van der Waals surface area (Å²) in [4.78, 5) is 64.6. The number of Topliss-reactive ketones (excluding diaryl/α,β-unsaturated/α-hetero) is 1. The Bertz CT molecular complexity index is 2400. The van der Waals surface area contributed by atoms with E-state index in [9.17, 15) is 34.2 Å². The lowest BCUT2D eigenvalue weighted by molar-refractivity contribution is -0.277. The summed E-state index contributed by atoms with van der Waals surface area (Å²) in [5.41, 5.74) is 14.3. The lowest BCUT2D eigenvalue weighted by atomic mass is 9.81. The number of aliphatic hydroxyl groups is 2. The van der Waals surface area contributed by atoms with Gasteiger partial charge in [0.05, 0.1) is 85.4 Å². The van der Waals surface area contributed by atoms with Gasteiger partial charge in [0.1, 0.15) is 30.6 Å². The molecule has 1 spiro atoms. The minimum Gasteiger partial charge on any atom is -0.445 e. The van der Waals surface area contributed by atoms with Crippen LogP contribution >= 0.6 is 0 Å². The van der Waals surface area contributed by atoms with Crippen molar-refractivity contribution in [1.29, 1.82) is 0 Å². The first-order chi connectivity index (χ1) is 38.7. The first kappa shape index (κ1) is 61.0. The molecule has 8 unspecified atom stereocenters. The largest absolute Gasteiger partial charge is 0.445 e. The van der Waals surface area contributed by atoms with Crippen molar-refractivity contribution in [2.24, 2.45) is 29.2 Å². The number of carbonyl (C=O) groups excluding carboxylic acids is 5. The van der Waals surface area contributed by atoms with Crippen LogP contribution in [-0.2, 0) is 63.6 Å². The Kier molecular flexibility index (Phi) is 20.3. The van der Waals surface area contributed by atoms with Gasteiger partial charge in [0.15, 0.2) is 5.79 Å². The molecule has 22 heteroatoms. The molecule has 5 amide bonds. The van der Waals surface area contributed by atoms with Crippen LogP contribution < -0.4 is 32.7 Å². The van der Waals surface area contributed by atoms with Crippen molar-refractivity contribution in [3.8, 4) is 0 Å². The topological polar surface area (TPSA) is 309 Å². The van der Waals surface area contributed by atoms with Crippen molar-refractivity contribution in [2.75, 3.05) is 25.5 Å². The van der Waals surface area contributed by atoms with Gasteiger partial charge in [-0.2, -0.15) is 0 Å². The quantitative estimate of drug-likeness (QED) is 0.0848. The lowest BCUT2D eigenvalue weighted by Crippen LogP contribution is -2.58. The fourth-order valence-electron chi connectivity index (χ4n) is 13.5. The van der Waals surface area contributed by atoms with E-state index in [2.05, 4.69) is 41.3 Å². The Morgan fingerprint density at radius 2 is 1.58 bits per heavy atom. The summed E-state index contributed by atoms with van der Waals surface area (Å²) in [6.07, 6.45) is 0.680. The van der Waals surface area contributed by atoms with Gasteiger partial charge in [-0.25, -0.2) is 9.59 Å². The Labute approximate surface area is 475 Å². The van der Waals surface area contributed by atoms with E-state index in [4.69, 9.17) is 54.1 Å². The Morgan fingerprint density at radius 1 is 0.827 bits per heavy atom. The third kappa shape index (κ3) is 15.2. The highest BCUT2D eigenvalue weighted by molar-refractivity contribution is 5.97. The molecule has 81 heavy (non-hydrogen) atoms. The molecular formula is C59H88N6O16. The van der Waals surface area contributed by atoms with Crippen LogP contribution in [0.2, 0.25) is 0 Å². The maximum Gasteiger partial charge on any atom is 0.407 e. The molecule has 8 aliphatic rings. The van der Waals surface area contributed by atoms with Gasteiger partial charge in [0.25, 0.3) is 0 Å². The number of methoxy groups -OCH3 is 1. The maximum atomic E-state index is 14.4. The molecule has 8 fully saturated rings. The monoisotopic (exact) mass is 1140 g/mol. The van der Waals surface area contributed by atoms with Gasteiger partial charge in [-0.15, -0.1) is 0 Å². The molecule has 0 aromatic heterocycles. The molecule has 0 saturated carbocycles.